The van der Waals surface area contributed by atoms with Gasteiger partial charge in [-0.25, -0.2) is 0 Å². The lowest BCUT2D eigenvalue weighted by atomic mass is 9.94. The van der Waals surface area contributed by atoms with Crippen molar-refractivity contribution >= 4 is 5.97 Å². The lowest BCUT2D eigenvalue weighted by molar-refractivity contribution is -0.318. The van der Waals surface area contributed by atoms with Crippen LogP contribution in [-0.4, -0.2) is 133 Å². The second kappa shape index (κ2) is 13.9. The van der Waals surface area contributed by atoms with Crippen LogP contribution in [0.1, 0.15) is 26.7 Å². The topological polar surface area (TPSA) is 253 Å². The minimum absolute atomic E-state index is 0.146. The molecule has 2 fully saturated rings. The fourth-order valence-corrected chi connectivity index (χ4v) is 3.80. The Morgan fingerprint density at radius 2 is 1.62 bits per heavy atom. The Hall–Kier alpha value is -1.01. The highest BCUT2D eigenvalue weighted by atomic mass is 16.7. The van der Waals surface area contributed by atoms with E-state index in [2.05, 4.69) is 13.8 Å². The van der Waals surface area contributed by atoms with Crippen LogP contribution >= 0.6 is 0 Å². The zero-order valence-corrected chi connectivity index (χ0v) is 19.3. The van der Waals surface area contributed by atoms with Crippen LogP contribution in [0.15, 0.2) is 0 Å². The van der Waals surface area contributed by atoms with Crippen LogP contribution in [0.2, 0.25) is 0 Å². The molecule has 0 saturated carbocycles. The summed E-state index contributed by atoms with van der Waals surface area (Å²) in [6.07, 6.45) is -11.1. The van der Waals surface area contributed by atoms with Gasteiger partial charge in [0.2, 0.25) is 5.79 Å². The molecule has 10 atom stereocenters. The van der Waals surface area contributed by atoms with E-state index in [-0.39, 0.29) is 12.3 Å². The molecular weight excluding hydrogens is 462 g/mol. The van der Waals surface area contributed by atoms with Crippen molar-refractivity contribution in [2.75, 3.05) is 26.4 Å². The van der Waals surface area contributed by atoms with E-state index in [9.17, 15) is 35.4 Å². The van der Waals surface area contributed by atoms with Crippen LogP contribution in [0.4, 0.5) is 0 Å². The first kappa shape index (κ1) is 31.0. The summed E-state index contributed by atoms with van der Waals surface area (Å²) in [5.41, 5.74) is 5.41. The van der Waals surface area contributed by atoms with Gasteiger partial charge in [0.05, 0.1) is 19.8 Å². The lowest BCUT2D eigenvalue weighted by Gasteiger charge is -2.41. The lowest BCUT2D eigenvalue weighted by Crippen LogP contribution is -2.60. The maximum absolute atomic E-state index is 10.3. The Bertz CT molecular complexity index is 609. The van der Waals surface area contributed by atoms with Gasteiger partial charge in [-0.3, -0.25) is 4.79 Å². The number of nitrogens with two attached hydrogens (primary N) is 1. The van der Waals surface area contributed by atoms with Gasteiger partial charge in [-0.15, -0.1) is 0 Å². The van der Waals surface area contributed by atoms with Crippen molar-refractivity contribution in [3.05, 3.63) is 0 Å². The van der Waals surface area contributed by atoms with Crippen molar-refractivity contribution in [1.82, 2.24) is 0 Å². The first-order valence-electron chi connectivity index (χ1n) is 11.0. The summed E-state index contributed by atoms with van der Waals surface area (Å²) >= 11 is 0. The molecular formula is C20H39NO13. The summed E-state index contributed by atoms with van der Waals surface area (Å²) < 4.78 is 15.3. The predicted octanol–water partition coefficient (Wildman–Crippen LogP) is -4.31. The number of aliphatic hydroxyl groups excluding tert-OH is 7. The van der Waals surface area contributed by atoms with Gasteiger partial charge in [0.15, 0.2) is 6.29 Å². The van der Waals surface area contributed by atoms with Gasteiger partial charge in [0.25, 0.3) is 0 Å². The zero-order chi connectivity index (χ0) is 26.2. The molecule has 14 heteroatoms. The normalized spacial score (nSPS) is 38.9. The largest absolute Gasteiger partial charge is 0.481 e. The fraction of sp³-hybridized carbons (Fsp3) is 0.950. The molecule has 2 aliphatic heterocycles. The molecule has 202 valence electrons. The number of ether oxygens (including phenoxy) is 3. The number of hydrogen-bond acceptors (Lipinski definition) is 13. The Labute approximate surface area is 197 Å². The quantitative estimate of drug-likeness (QED) is 0.136. The number of carboxylic acid groups (broad SMARTS) is 1. The summed E-state index contributed by atoms with van der Waals surface area (Å²) in [5, 5.41) is 85.0. The smallest absolute Gasteiger partial charge is 0.303 e. The van der Waals surface area contributed by atoms with Crippen LogP contribution in [0, 0.1) is 11.8 Å². The van der Waals surface area contributed by atoms with Crippen molar-refractivity contribution in [3.63, 3.8) is 0 Å². The number of aliphatic hydroxyl groups is 8. The van der Waals surface area contributed by atoms with Crippen LogP contribution in [0.5, 0.6) is 0 Å². The summed E-state index contributed by atoms with van der Waals surface area (Å²) in [4.78, 5) is 10.3. The van der Waals surface area contributed by atoms with E-state index in [1.54, 1.807) is 0 Å². The summed E-state index contributed by atoms with van der Waals surface area (Å²) in [5.74, 6) is -2.44. The van der Waals surface area contributed by atoms with E-state index in [0.29, 0.717) is 12.5 Å². The average molecular weight is 502 g/mol. The number of hydrogen-bond donors (Lipinski definition) is 10. The second-order valence-corrected chi connectivity index (χ2v) is 8.91. The number of aliphatic carboxylic acids is 1. The maximum Gasteiger partial charge on any atom is 0.303 e. The minimum Gasteiger partial charge on any atom is -0.481 e. The molecule has 0 unspecified atom stereocenters. The molecule has 2 heterocycles. The van der Waals surface area contributed by atoms with E-state index >= 15 is 0 Å². The first-order valence-corrected chi connectivity index (χ1v) is 11.0. The molecule has 0 aromatic carbocycles. The third-order valence-corrected chi connectivity index (χ3v) is 5.64. The van der Waals surface area contributed by atoms with Crippen LogP contribution in [0.3, 0.4) is 0 Å². The van der Waals surface area contributed by atoms with Gasteiger partial charge in [0, 0.05) is 6.42 Å². The zero-order valence-electron chi connectivity index (χ0n) is 19.3. The standard InChI is InChI=1S/C12H22O11.C8H17NO2/c13-1-4-6(16)7(17)8(18)11(21-4)22-9-5(2-14)23-12(20,3-15)10(9)19;1-6(2)3-7(5-9)4-8(10)11/h4-11,13-20H,1-3H2;6-7H,3-5,9H2,1-2H3,(H,10,11)/t4-,5-,6+,7+,8-,9-,10+,11+,12-;7-/m10/s1. The van der Waals surface area contributed by atoms with E-state index in [1.807, 2.05) is 0 Å². The van der Waals surface area contributed by atoms with Crippen molar-refractivity contribution in [2.45, 2.75) is 81.5 Å². The number of carbonyl (C=O) groups is 1. The molecule has 34 heavy (non-hydrogen) atoms. The highest BCUT2D eigenvalue weighted by molar-refractivity contribution is 5.67. The molecule has 14 nitrogen and oxygen atoms in total. The van der Waals surface area contributed by atoms with Crippen molar-refractivity contribution in [3.8, 4) is 0 Å². The summed E-state index contributed by atoms with van der Waals surface area (Å²) in [7, 11) is 0. The highest BCUT2D eigenvalue weighted by Gasteiger charge is 2.56. The third kappa shape index (κ3) is 8.01. The molecule has 0 amide bonds. The van der Waals surface area contributed by atoms with Gasteiger partial charge in [-0.05, 0) is 24.8 Å². The Balaban J connectivity index is 0.000000445. The van der Waals surface area contributed by atoms with Gasteiger partial charge in [-0.2, -0.15) is 0 Å². The van der Waals surface area contributed by atoms with Crippen molar-refractivity contribution < 1.29 is 65.0 Å². The van der Waals surface area contributed by atoms with Crippen molar-refractivity contribution in [2.24, 2.45) is 17.6 Å². The van der Waals surface area contributed by atoms with Gasteiger partial charge < -0.3 is 65.9 Å². The van der Waals surface area contributed by atoms with Crippen molar-refractivity contribution in [1.29, 1.82) is 0 Å². The molecule has 2 aliphatic rings. The summed E-state index contributed by atoms with van der Waals surface area (Å²) in [6.45, 7) is 2.30. The van der Waals surface area contributed by atoms with E-state index in [0.717, 1.165) is 6.42 Å². The highest BCUT2D eigenvalue weighted by Crippen LogP contribution is 2.33. The van der Waals surface area contributed by atoms with E-state index in [1.165, 1.54) is 0 Å². The molecule has 0 bridgehead atoms. The molecule has 0 aromatic rings. The molecule has 0 aromatic heterocycles. The number of rotatable bonds is 10. The maximum atomic E-state index is 10.3. The fourth-order valence-electron chi connectivity index (χ4n) is 3.80. The molecule has 2 saturated heterocycles. The van der Waals surface area contributed by atoms with Gasteiger partial charge >= 0.3 is 5.97 Å². The Morgan fingerprint density at radius 1 is 1.03 bits per heavy atom. The Kier molecular flexibility index (Phi) is 12.7. The van der Waals surface area contributed by atoms with Crippen LogP contribution in [0.25, 0.3) is 0 Å². The first-order chi connectivity index (χ1) is 15.8. The molecule has 0 radical (unpaired) electrons. The minimum atomic E-state index is -2.37. The third-order valence-electron chi connectivity index (χ3n) is 5.64. The summed E-state index contributed by atoms with van der Waals surface area (Å²) in [6, 6.07) is 0. The van der Waals surface area contributed by atoms with Crippen LogP contribution in [-0.2, 0) is 19.0 Å². The van der Waals surface area contributed by atoms with Crippen LogP contribution < -0.4 is 5.73 Å². The Morgan fingerprint density at radius 3 is 2.06 bits per heavy atom. The molecule has 2 rings (SSSR count). The van der Waals surface area contributed by atoms with Gasteiger partial charge in [-0.1, -0.05) is 13.8 Å². The monoisotopic (exact) mass is 501 g/mol. The number of carboxylic acids is 1. The average Bonchev–Trinajstić information content (AvgIpc) is 3.03. The SMILES string of the molecule is CC(C)C[C@H](CN)CC(=O)O.OC[C@H]1O[C@@H](O[C@@H]2[C@@H](CO)O[C@](O)(CO)[C@H]2O)[C@H](O)[C@@H](O)[C@H]1O. The van der Waals surface area contributed by atoms with E-state index < -0.39 is 80.6 Å². The van der Waals surface area contributed by atoms with Gasteiger partial charge in [0.1, 0.15) is 42.7 Å². The molecule has 0 spiro atoms. The van der Waals surface area contributed by atoms with E-state index in [4.69, 9.17) is 35.3 Å². The predicted molar refractivity (Wildman–Crippen MR) is 113 cm³/mol. The second-order valence-electron chi connectivity index (χ2n) is 8.91. The molecule has 11 N–H and O–H groups in total. The molecule has 0 aliphatic carbocycles.